The zero-order valence-electron chi connectivity index (χ0n) is 11.2. The lowest BCUT2D eigenvalue weighted by Crippen LogP contribution is -2.16. The molecule has 0 amide bonds. The van der Waals surface area contributed by atoms with E-state index in [1.54, 1.807) is 44.3 Å². The van der Waals surface area contributed by atoms with Crippen LogP contribution in [0, 0.1) is 13.8 Å². The van der Waals surface area contributed by atoms with Crippen LogP contribution in [0.25, 0.3) is 0 Å². The molecule has 1 aromatic carbocycles. The Morgan fingerprint density at radius 3 is 2.30 bits per heavy atom. The highest BCUT2D eigenvalue weighted by atomic mass is 32.2. The molecular weight excluding hydrogens is 276 g/mol. The van der Waals surface area contributed by atoms with Gasteiger partial charge in [0.2, 0.25) is 0 Å². The summed E-state index contributed by atoms with van der Waals surface area (Å²) in [7, 11) is -3.66. The Morgan fingerprint density at radius 2 is 1.80 bits per heavy atom. The van der Waals surface area contributed by atoms with Crippen molar-refractivity contribution >= 4 is 21.4 Å². The van der Waals surface area contributed by atoms with Crippen LogP contribution in [-0.4, -0.2) is 13.4 Å². The van der Waals surface area contributed by atoms with Gasteiger partial charge >= 0.3 is 0 Å². The van der Waals surface area contributed by atoms with E-state index in [-0.39, 0.29) is 4.90 Å². The molecule has 0 aliphatic carbocycles. The van der Waals surface area contributed by atoms with Crippen LogP contribution >= 0.6 is 0 Å². The number of hydrogen-bond acceptors (Lipinski definition) is 5. The molecule has 0 radical (unpaired) electrons. The van der Waals surface area contributed by atoms with Gasteiger partial charge in [-0.1, -0.05) is 0 Å². The summed E-state index contributed by atoms with van der Waals surface area (Å²) in [5.74, 6) is 5.35. The SMILES string of the molecule is Cc1cc(NN)cc(C)c1S(=O)(=O)Nc1cccnc1. The standard InChI is InChI=1S/C13H16N4O2S/c1-9-6-12(16-14)7-10(2)13(9)20(18,19)17-11-4-3-5-15-8-11/h3-8,16-17H,14H2,1-2H3. The van der Waals surface area contributed by atoms with Crippen LogP contribution in [0.5, 0.6) is 0 Å². The van der Waals surface area contributed by atoms with E-state index in [9.17, 15) is 8.42 Å². The van der Waals surface area contributed by atoms with Gasteiger partial charge in [0.05, 0.1) is 16.8 Å². The summed E-state index contributed by atoms with van der Waals surface area (Å²) in [5, 5.41) is 0. The summed E-state index contributed by atoms with van der Waals surface area (Å²) in [6, 6.07) is 6.68. The predicted octanol–water partition coefficient (Wildman–Crippen LogP) is 1.78. The third-order valence-electron chi connectivity index (χ3n) is 2.81. The smallest absolute Gasteiger partial charge is 0.262 e. The second-order valence-corrected chi connectivity index (χ2v) is 6.05. The number of hydrazine groups is 1. The van der Waals surface area contributed by atoms with E-state index in [2.05, 4.69) is 15.1 Å². The Bertz CT molecular complexity index is 691. The molecule has 7 heteroatoms. The monoisotopic (exact) mass is 292 g/mol. The van der Waals surface area contributed by atoms with E-state index < -0.39 is 10.0 Å². The second kappa shape index (κ2) is 5.48. The van der Waals surface area contributed by atoms with Crippen LogP contribution in [0.4, 0.5) is 11.4 Å². The first-order valence-corrected chi connectivity index (χ1v) is 7.43. The maximum atomic E-state index is 12.5. The molecule has 0 saturated carbocycles. The molecule has 0 atom stereocenters. The number of nitrogens with two attached hydrogens (primary N) is 1. The lowest BCUT2D eigenvalue weighted by atomic mass is 10.1. The first-order chi connectivity index (χ1) is 9.44. The average Bonchev–Trinajstić information content (AvgIpc) is 2.37. The Hall–Kier alpha value is -2.12. The van der Waals surface area contributed by atoms with E-state index in [0.717, 1.165) is 0 Å². The van der Waals surface area contributed by atoms with Crippen LogP contribution in [0.15, 0.2) is 41.6 Å². The normalized spacial score (nSPS) is 11.2. The summed E-state index contributed by atoms with van der Waals surface area (Å²) in [6.07, 6.45) is 3.04. The molecule has 1 aromatic heterocycles. The molecule has 106 valence electrons. The summed E-state index contributed by atoms with van der Waals surface area (Å²) in [4.78, 5) is 4.13. The zero-order valence-corrected chi connectivity index (χ0v) is 12.0. The number of nitrogens with one attached hydrogen (secondary N) is 2. The summed E-state index contributed by atoms with van der Waals surface area (Å²) in [6.45, 7) is 3.46. The van der Waals surface area contributed by atoms with Crippen molar-refractivity contribution in [3.05, 3.63) is 47.8 Å². The molecule has 2 aromatic rings. The van der Waals surface area contributed by atoms with Gasteiger partial charge < -0.3 is 5.43 Å². The molecule has 0 spiro atoms. The largest absolute Gasteiger partial charge is 0.324 e. The highest BCUT2D eigenvalue weighted by Gasteiger charge is 2.20. The zero-order chi connectivity index (χ0) is 14.8. The van der Waals surface area contributed by atoms with Gasteiger partial charge in [-0.25, -0.2) is 8.42 Å². The molecule has 0 aliphatic heterocycles. The van der Waals surface area contributed by atoms with Gasteiger partial charge in [0.1, 0.15) is 0 Å². The van der Waals surface area contributed by atoms with Crippen molar-refractivity contribution in [3.8, 4) is 0 Å². The van der Waals surface area contributed by atoms with E-state index in [1.165, 1.54) is 6.20 Å². The molecule has 0 aliphatic rings. The summed E-state index contributed by atoms with van der Waals surface area (Å²) < 4.78 is 27.4. The van der Waals surface area contributed by atoms with Crippen molar-refractivity contribution < 1.29 is 8.42 Å². The molecule has 0 bridgehead atoms. The minimum atomic E-state index is -3.66. The lowest BCUT2D eigenvalue weighted by molar-refractivity contribution is 0.600. The third-order valence-corrected chi connectivity index (χ3v) is 4.50. The number of anilines is 2. The minimum Gasteiger partial charge on any atom is -0.324 e. The lowest BCUT2D eigenvalue weighted by Gasteiger charge is -2.14. The van der Waals surface area contributed by atoms with E-state index in [4.69, 9.17) is 5.84 Å². The Kier molecular flexibility index (Phi) is 3.91. The van der Waals surface area contributed by atoms with E-state index >= 15 is 0 Å². The second-order valence-electron chi connectivity index (χ2n) is 4.43. The number of pyridine rings is 1. The minimum absolute atomic E-state index is 0.250. The van der Waals surface area contributed by atoms with Crippen molar-refractivity contribution in [1.82, 2.24) is 4.98 Å². The van der Waals surface area contributed by atoms with Gasteiger partial charge in [-0.05, 0) is 49.2 Å². The van der Waals surface area contributed by atoms with Crippen molar-refractivity contribution in [3.63, 3.8) is 0 Å². The van der Waals surface area contributed by atoms with Crippen LogP contribution in [0.1, 0.15) is 11.1 Å². The van der Waals surface area contributed by atoms with Crippen LogP contribution in [0.2, 0.25) is 0 Å². The number of benzene rings is 1. The van der Waals surface area contributed by atoms with Gasteiger partial charge in [-0.3, -0.25) is 15.5 Å². The number of sulfonamides is 1. The van der Waals surface area contributed by atoms with E-state index in [0.29, 0.717) is 22.5 Å². The number of nitrogen functional groups attached to an aromatic ring is 1. The maximum Gasteiger partial charge on any atom is 0.262 e. The number of nitrogens with zero attached hydrogens (tertiary/aromatic N) is 1. The summed E-state index contributed by atoms with van der Waals surface area (Å²) in [5.41, 5.74) is 4.84. The van der Waals surface area contributed by atoms with Crippen LogP contribution in [0.3, 0.4) is 0 Å². The molecule has 1 heterocycles. The fourth-order valence-corrected chi connectivity index (χ4v) is 3.59. The van der Waals surface area contributed by atoms with Crippen molar-refractivity contribution in [1.29, 1.82) is 0 Å². The van der Waals surface area contributed by atoms with Crippen LogP contribution < -0.4 is 16.0 Å². The highest BCUT2D eigenvalue weighted by Crippen LogP contribution is 2.25. The molecule has 20 heavy (non-hydrogen) atoms. The third kappa shape index (κ3) is 2.89. The fraction of sp³-hybridized carbons (Fsp3) is 0.154. The quantitative estimate of drug-likeness (QED) is 0.589. The predicted molar refractivity (Wildman–Crippen MR) is 78.8 cm³/mol. The topological polar surface area (TPSA) is 97.1 Å². The molecule has 4 N–H and O–H groups in total. The van der Waals surface area contributed by atoms with Crippen molar-refractivity contribution in [2.45, 2.75) is 18.7 Å². The molecule has 0 fully saturated rings. The highest BCUT2D eigenvalue weighted by molar-refractivity contribution is 7.92. The molecule has 2 rings (SSSR count). The first-order valence-electron chi connectivity index (χ1n) is 5.95. The molecule has 0 saturated heterocycles. The Labute approximate surface area is 118 Å². The first kappa shape index (κ1) is 14.3. The average molecular weight is 292 g/mol. The maximum absolute atomic E-state index is 12.5. The van der Waals surface area contributed by atoms with Crippen LogP contribution in [-0.2, 0) is 10.0 Å². The number of hydrogen-bond donors (Lipinski definition) is 3. The number of aromatic nitrogens is 1. The van der Waals surface area contributed by atoms with Gasteiger partial charge in [0.25, 0.3) is 10.0 Å². The van der Waals surface area contributed by atoms with Gasteiger partial charge in [0, 0.05) is 11.9 Å². The number of rotatable bonds is 4. The van der Waals surface area contributed by atoms with Gasteiger partial charge in [-0.15, -0.1) is 0 Å². The Morgan fingerprint density at radius 1 is 1.15 bits per heavy atom. The van der Waals surface area contributed by atoms with E-state index in [1.807, 2.05) is 0 Å². The molecule has 0 unspecified atom stereocenters. The van der Waals surface area contributed by atoms with Gasteiger partial charge in [0.15, 0.2) is 0 Å². The number of aryl methyl sites for hydroxylation is 2. The fourth-order valence-electron chi connectivity index (χ4n) is 2.09. The van der Waals surface area contributed by atoms with Gasteiger partial charge in [-0.2, -0.15) is 0 Å². The molecular formula is C13H16N4O2S. The summed E-state index contributed by atoms with van der Waals surface area (Å²) >= 11 is 0. The molecule has 6 nitrogen and oxygen atoms in total. The van der Waals surface area contributed by atoms with Crippen molar-refractivity contribution in [2.75, 3.05) is 10.1 Å². The van der Waals surface area contributed by atoms with Crippen molar-refractivity contribution in [2.24, 2.45) is 5.84 Å². The Balaban J connectivity index is 2.45.